The van der Waals surface area contributed by atoms with E-state index in [-0.39, 0.29) is 0 Å². The third-order valence-electron chi connectivity index (χ3n) is 11.2. The van der Waals surface area contributed by atoms with E-state index in [2.05, 4.69) is 137 Å². The van der Waals surface area contributed by atoms with E-state index in [9.17, 15) is 0 Å². The largest absolute Gasteiger partial charge is 0.308 e. The molecule has 266 valence electrons. The van der Waals surface area contributed by atoms with Gasteiger partial charge in [-0.05, 0) is 48.5 Å². The number of nitrogens with zero attached hydrogens (tertiary/aromatic N) is 5. The van der Waals surface area contributed by atoms with Gasteiger partial charge in [0.15, 0.2) is 17.5 Å². The first-order valence-electron chi connectivity index (χ1n) is 19.1. The molecule has 8 aromatic carbocycles. The van der Waals surface area contributed by atoms with Crippen molar-refractivity contribution in [2.45, 2.75) is 0 Å². The molecule has 0 spiro atoms. The van der Waals surface area contributed by atoms with Gasteiger partial charge in [0.05, 0.1) is 37.2 Å². The highest BCUT2D eigenvalue weighted by Crippen LogP contribution is 2.46. The minimum atomic E-state index is 0.643. The van der Waals surface area contributed by atoms with Crippen LogP contribution in [0.25, 0.3) is 109 Å². The summed E-state index contributed by atoms with van der Waals surface area (Å²) >= 11 is 1.88. The zero-order chi connectivity index (χ0) is 37.5. The highest BCUT2D eigenvalue weighted by atomic mass is 32.1. The van der Waals surface area contributed by atoms with Crippen LogP contribution in [0.1, 0.15) is 0 Å². The van der Waals surface area contributed by atoms with E-state index >= 15 is 0 Å². The molecule has 0 fully saturated rings. The maximum atomic E-state index is 5.08. The van der Waals surface area contributed by atoms with Crippen LogP contribution in [0.3, 0.4) is 0 Å². The number of hydrogen-bond acceptors (Lipinski definition) is 4. The summed E-state index contributed by atoms with van der Waals surface area (Å²) in [6, 6.07) is 66.5. The Kier molecular flexibility index (Phi) is 7.03. The standard InChI is InChI=1S/C51H31N5S/c1-4-15-32(16-5-1)49-52-50(33-17-6-2-7-18-33)54-51(53-49)34-27-30-44-41(31-34)38-28-29-40-39-23-14-26-45(47(39)57-48(40)46(38)55(44)35-19-8-3-9-20-35)56-42-24-12-10-21-36(42)37-22-11-13-25-43(37)56/h1-31H. The molecule has 0 amide bonds. The van der Waals surface area contributed by atoms with Crippen LogP contribution in [-0.4, -0.2) is 24.1 Å². The second kappa shape index (κ2) is 12.6. The van der Waals surface area contributed by atoms with Crippen molar-refractivity contribution in [3.05, 3.63) is 188 Å². The van der Waals surface area contributed by atoms with Gasteiger partial charge in [0.25, 0.3) is 0 Å². The van der Waals surface area contributed by atoms with E-state index < -0.39 is 0 Å². The number of hydrogen-bond donors (Lipinski definition) is 0. The topological polar surface area (TPSA) is 48.5 Å². The Hall–Kier alpha value is -7.41. The van der Waals surface area contributed by atoms with Gasteiger partial charge in [-0.15, -0.1) is 11.3 Å². The Labute approximate surface area is 331 Å². The minimum Gasteiger partial charge on any atom is -0.308 e. The normalized spacial score (nSPS) is 11.9. The molecule has 5 nitrogen and oxygen atoms in total. The second-order valence-corrected chi connectivity index (χ2v) is 15.4. The van der Waals surface area contributed by atoms with Crippen molar-refractivity contribution in [1.29, 1.82) is 0 Å². The van der Waals surface area contributed by atoms with Gasteiger partial charge in [0.1, 0.15) is 0 Å². The van der Waals surface area contributed by atoms with E-state index in [1.54, 1.807) is 0 Å². The van der Waals surface area contributed by atoms with Crippen molar-refractivity contribution >= 4 is 75.1 Å². The maximum Gasteiger partial charge on any atom is 0.164 e. The molecule has 0 radical (unpaired) electrons. The molecule has 0 unspecified atom stereocenters. The molecule has 0 aliphatic rings. The number of benzene rings is 8. The van der Waals surface area contributed by atoms with Crippen molar-refractivity contribution in [1.82, 2.24) is 24.1 Å². The molecule has 4 aromatic heterocycles. The minimum absolute atomic E-state index is 0.643. The molecule has 12 aromatic rings. The molecule has 0 aliphatic heterocycles. The molecule has 0 bridgehead atoms. The first-order valence-corrected chi connectivity index (χ1v) is 19.9. The molecular weight excluding hydrogens is 715 g/mol. The van der Waals surface area contributed by atoms with Crippen molar-refractivity contribution in [3.8, 4) is 45.5 Å². The smallest absolute Gasteiger partial charge is 0.164 e. The Bertz CT molecular complexity index is 3400. The molecule has 12 rings (SSSR count). The lowest BCUT2D eigenvalue weighted by molar-refractivity contribution is 1.07. The van der Waals surface area contributed by atoms with E-state index in [4.69, 9.17) is 15.0 Å². The fourth-order valence-corrected chi connectivity index (χ4v) is 9.96. The van der Waals surface area contributed by atoms with Crippen LogP contribution >= 0.6 is 11.3 Å². The highest BCUT2D eigenvalue weighted by molar-refractivity contribution is 7.27. The Morgan fingerprint density at radius 1 is 0.333 bits per heavy atom. The van der Waals surface area contributed by atoms with E-state index in [1.165, 1.54) is 58.6 Å². The van der Waals surface area contributed by atoms with Crippen LogP contribution in [-0.2, 0) is 0 Å². The fourth-order valence-electron chi connectivity index (χ4n) is 8.62. The van der Waals surface area contributed by atoms with Crippen molar-refractivity contribution in [2.24, 2.45) is 0 Å². The second-order valence-electron chi connectivity index (χ2n) is 14.4. The van der Waals surface area contributed by atoms with Crippen LogP contribution in [0, 0.1) is 0 Å². The van der Waals surface area contributed by atoms with Gasteiger partial charge in [-0.3, -0.25) is 0 Å². The van der Waals surface area contributed by atoms with Gasteiger partial charge in [-0.25, -0.2) is 15.0 Å². The molecule has 6 heteroatoms. The van der Waals surface area contributed by atoms with E-state index in [0.29, 0.717) is 17.5 Å². The lowest BCUT2D eigenvalue weighted by Crippen LogP contribution is -2.00. The predicted octanol–water partition coefficient (Wildman–Crippen LogP) is 13.4. The first kappa shape index (κ1) is 31.9. The SMILES string of the molecule is c1ccc(-c2nc(-c3ccccc3)nc(-c3ccc4c(c3)c3ccc5c6cccc(-n7c8ccccc8c8ccccc87)c6sc5c3n4-c3ccccc3)n2)cc1. The average molecular weight is 746 g/mol. The van der Waals surface area contributed by atoms with Crippen LogP contribution in [0.2, 0.25) is 0 Å². The Balaban J connectivity index is 1.13. The summed E-state index contributed by atoms with van der Waals surface area (Å²) in [4.78, 5) is 15.1. The Morgan fingerprint density at radius 3 is 1.49 bits per heavy atom. The van der Waals surface area contributed by atoms with Crippen LogP contribution in [0.15, 0.2) is 188 Å². The van der Waals surface area contributed by atoms with Crippen LogP contribution < -0.4 is 0 Å². The van der Waals surface area contributed by atoms with Gasteiger partial charge >= 0.3 is 0 Å². The monoisotopic (exact) mass is 745 g/mol. The summed E-state index contributed by atoms with van der Waals surface area (Å²) < 4.78 is 7.41. The zero-order valence-corrected chi connectivity index (χ0v) is 31.4. The van der Waals surface area contributed by atoms with Gasteiger partial charge in [-0.2, -0.15) is 0 Å². The van der Waals surface area contributed by atoms with Crippen molar-refractivity contribution in [2.75, 3.05) is 0 Å². The fraction of sp³-hybridized carbons (Fsp3) is 0. The van der Waals surface area contributed by atoms with Crippen LogP contribution in [0.5, 0.6) is 0 Å². The molecule has 4 heterocycles. The van der Waals surface area contributed by atoms with E-state index in [1.807, 2.05) is 72.0 Å². The van der Waals surface area contributed by atoms with Gasteiger partial charge in [0, 0.05) is 54.7 Å². The quantitative estimate of drug-likeness (QED) is 0.176. The van der Waals surface area contributed by atoms with Gasteiger partial charge < -0.3 is 9.13 Å². The van der Waals surface area contributed by atoms with Gasteiger partial charge in [0.2, 0.25) is 0 Å². The molecule has 57 heavy (non-hydrogen) atoms. The third-order valence-corrected chi connectivity index (χ3v) is 12.4. The molecule has 0 saturated heterocycles. The summed E-state index contributed by atoms with van der Waals surface area (Å²) in [5.41, 5.74) is 9.92. The molecule has 0 N–H and O–H groups in total. The molecule has 0 saturated carbocycles. The molecular formula is C51H31N5S. The lowest BCUT2D eigenvalue weighted by Gasteiger charge is -2.10. The predicted molar refractivity (Wildman–Crippen MR) is 238 cm³/mol. The van der Waals surface area contributed by atoms with Gasteiger partial charge in [-0.1, -0.05) is 140 Å². The number of aromatic nitrogens is 5. The zero-order valence-electron chi connectivity index (χ0n) is 30.5. The summed E-state index contributed by atoms with van der Waals surface area (Å²) in [6.07, 6.45) is 0. The summed E-state index contributed by atoms with van der Waals surface area (Å²) in [5, 5.41) is 7.37. The van der Waals surface area contributed by atoms with Crippen molar-refractivity contribution in [3.63, 3.8) is 0 Å². The number of rotatable bonds is 5. The third kappa shape index (κ3) is 4.91. The average Bonchev–Trinajstić information content (AvgIpc) is 3.95. The summed E-state index contributed by atoms with van der Waals surface area (Å²) in [7, 11) is 0. The number of para-hydroxylation sites is 3. The Morgan fingerprint density at radius 2 is 0.842 bits per heavy atom. The highest BCUT2D eigenvalue weighted by Gasteiger charge is 2.22. The number of fused-ring (bicyclic) bond motifs is 10. The van der Waals surface area contributed by atoms with Crippen LogP contribution in [0.4, 0.5) is 0 Å². The summed E-state index contributed by atoms with van der Waals surface area (Å²) in [5.74, 6) is 1.94. The maximum absolute atomic E-state index is 5.08. The lowest BCUT2D eigenvalue weighted by atomic mass is 10.1. The first-order chi connectivity index (χ1) is 28.3. The number of thiophene rings is 1. The molecule has 0 aliphatic carbocycles. The van der Waals surface area contributed by atoms with E-state index in [0.717, 1.165) is 33.3 Å². The summed E-state index contributed by atoms with van der Waals surface area (Å²) in [6.45, 7) is 0. The molecule has 0 atom stereocenters. The van der Waals surface area contributed by atoms with Crippen molar-refractivity contribution < 1.29 is 0 Å².